The van der Waals surface area contributed by atoms with E-state index in [1.54, 1.807) is 7.05 Å². The van der Waals surface area contributed by atoms with Crippen molar-refractivity contribution in [2.24, 2.45) is 0 Å². The predicted octanol–water partition coefficient (Wildman–Crippen LogP) is 3.80. The van der Waals surface area contributed by atoms with E-state index in [9.17, 15) is 13.2 Å². The molecule has 1 N–H and O–H groups in total. The van der Waals surface area contributed by atoms with Gasteiger partial charge >= 0.3 is 0 Å². The van der Waals surface area contributed by atoms with Crippen molar-refractivity contribution in [3.63, 3.8) is 0 Å². The van der Waals surface area contributed by atoms with Crippen molar-refractivity contribution in [2.75, 3.05) is 7.05 Å². The van der Waals surface area contributed by atoms with E-state index in [1.807, 2.05) is 0 Å². The molecule has 0 fully saturated rings. The molecular formula is C15H14F3N. The Balaban J connectivity index is 2.61. The van der Waals surface area contributed by atoms with Gasteiger partial charge in [-0.05, 0) is 54.9 Å². The third-order valence-electron chi connectivity index (χ3n) is 2.97. The monoisotopic (exact) mass is 265 g/mol. The summed E-state index contributed by atoms with van der Waals surface area (Å²) in [4.78, 5) is 0. The average Bonchev–Trinajstić information content (AvgIpc) is 2.35. The van der Waals surface area contributed by atoms with E-state index in [2.05, 4.69) is 5.32 Å². The van der Waals surface area contributed by atoms with Crippen LogP contribution >= 0.6 is 0 Å². The van der Waals surface area contributed by atoms with Gasteiger partial charge in [0.05, 0.1) is 0 Å². The topological polar surface area (TPSA) is 12.0 Å². The second-order valence-electron chi connectivity index (χ2n) is 4.41. The molecule has 0 atom stereocenters. The van der Waals surface area contributed by atoms with Gasteiger partial charge in [-0.1, -0.05) is 6.07 Å². The largest absolute Gasteiger partial charge is 0.316 e. The van der Waals surface area contributed by atoms with Crippen molar-refractivity contribution in [1.29, 1.82) is 0 Å². The minimum absolute atomic E-state index is 0.147. The fourth-order valence-corrected chi connectivity index (χ4v) is 2.01. The molecular weight excluding hydrogens is 251 g/mol. The Labute approximate surface area is 110 Å². The molecule has 0 amide bonds. The van der Waals surface area contributed by atoms with Crippen molar-refractivity contribution < 1.29 is 13.2 Å². The van der Waals surface area contributed by atoms with E-state index in [4.69, 9.17) is 0 Å². The van der Waals surface area contributed by atoms with Crippen molar-refractivity contribution in [3.05, 3.63) is 58.9 Å². The summed E-state index contributed by atoms with van der Waals surface area (Å²) in [5.41, 5.74) is 1.48. The number of nitrogens with one attached hydrogen (secondary N) is 1. The molecule has 0 unspecified atom stereocenters. The Morgan fingerprint density at radius 2 is 1.68 bits per heavy atom. The van der Waals surface area contributed by atoms with Crippen LogP contribution in [-0.4, -0.2) is 7.05 Å². The van der Waals surface area contributed by atoms with Crippen molar-refractivity contribution >= 4 is 0 Å². The van der Waals surface area contributed by atoms with E-state index >= 15 is 0 Å². The average molecular weight is 265 g/mol. The third-order valence-corrected chi connectivity index (χ3v) is 2.97. The highest BCUT2D eigenvalue weighted by atomic mass is 19.1. The molecule has 0 bridgehead atoms. The highest BCUT2D eigenvalue weighted by Gasteiger charge is 2.13. The van der Waals surface area contributed by atoms with E-state index in [1.165, 1.54) is 25.1 Å². The van der Waals surface area contributed by atoms with Crippen LogP contribution in [0.3, 0.4) is 0 Å². The lowest BCUT2D eigenvalue weighted by atomic mass is 9.97. The molecule has 0 saturated carbocycles. The van der Waals surface area contributed by atoms with Crippen LogP contribution in [0.5, 0.6) is 0 Å². The highest BCUT2D eigenvalue weighted by molar-refractivity contribution is 5.68. The highest BCUT2D eigenvalue weighted by Crippen LogP contribution is 2.29. The first-order chi connectivity index (χ1) is 9.02. The molecule has 0 aliphatic carbocycles. The van der Waals surface area contributed by atoms with Crippen LogP contribution in [0.1, 0.15) is 11.1 Å². The molecule has 100 valence electrons. The minimum Gasteiger partial charge on any atom is -0.316 e. The summed E-state index contributed by atoms with van der Waals surface area (Å²) in [6, 6.07) is 6.33. The fourth-order valence-electron chi connectivity index (χ4n) is 2.01. The Bertz CT molecular complexity index is 609. The normalized spacial score (nSPS) is 10.8. The maximum atomic E-state index is 14.0. The zero-order valence-corrected chi connectivity index (χ0v) is 10.7. The quantitative estimate of drug-likeness (QED) is 0.890. The first kappa shape index (κ1) is 13.6. The molecule has 2 rings (SSSR count). The Hall–Kier alpha value is -1.81. The number of hydrogen-bond acceptors (Lipinski definition) is 1. The predicted molar refractivity (Wildman–Crippen MR) is 69.3 cm³/mol. The van der Waals surface area contributed by atoms with Crippen LogP contribution in [0.4, 0.5) is 13.2 Å². The second-order valence-corrected chi connectivity index (χ2v) is 4.41. The number of rotatable bonds is 3. The van der Waals surface area contributed by atoms with Gasteiger partial charge in [0, 0.05) is 12.1 Å². The third kappa shape index (κ3) is 2.79. The van der Waals surface area contributed by atoms with Crippen LogP contribution in [0.15, 0.2) is 30.3 Å². The summed E-state index contributed by atoms with van der Waals surface area (Å²) >= 11 is 0. The Morgan fingerprint density at radius 1 is 0.947 bits per heavy atom. The summed E-state index contributed by atoms with van der Waals surface area (Å²) < 4.78 is 40.8. The van der Waals surface area contributed by atoms with Crippen LogP contribution in [0.25, 0.3) is 11.1 Å². The van der Waals surface area contributed by atoms with Gasteiger partial charge in [0.2, 0.25) is 0 Å². The van der Waals surface area contributed by atoms with Crippen molar-refractivity contribution in [1.82, 2.24) is 5.32 Å². The second kappa shape index (κ2) is 5.45. The number of benzene rings is 2. The molecule has 0 aliphatic heterocycles. The van der Waals surface area contributed by atoms with Gasteiger partial charge < -0.3 is 5.32 Å². The first-order valence-electron chi connectivity index (χ1n) is 5.92. The standard InChI is InChI=1S/C15H14F3N/c1-9-5-15(18)13(7-14(9)17)12-4-3-11(16)6-10(12)8-19-2/h3-7,19H,8H2,1-2H3. The zero-order chi connectivity index (χ0) is 14.0. The Morgan fingerprint density at radius 3 is 2.37 bits per heavy atom. The van der Waals surface area contributed by atoms with Gasteiger partial charge in [-0.15, -0.1) is 0 Å². The number of aryl methyl sites for hydroxylation is 1. The lowest BCUT2D eigenvalue weighted by Crippen LogP contribution is -2.07. The van der Waals surface area contributed by atoms with Gasteiger partial charge in [-0.2, -0.15) is 0 Å². The van der Waals surface area contributed by atoms with E-state index in [0.29, 0.717) is 17.7 Å². The smallest absolute Gasteiger partial charge is 0.131 e. The van der Waals surface area contributed by atoms with Crippen LogP contribution in [-0.2, 0) is 6.54 Å². The fraction of sp³-hybridized carbons (Fsp3) is 0.200. The lowest BCUT2D eigenvalue weighted by molar-refractivity contribution is 0.594. The summed E-state index contributed by atoms with van der Waals surface area (Å²) in [6.07, 6.45) is 0. The van der Waals surface area contributed by atoms with E-state index < -0.39 is 17.5 Å². The molecule has 0 aromatic heterocycles. The molecule has 2 aromatic rings. The lowest BCUT2D eigenvalue weighted by Gasteiger charge is -2.11. The van der Waals surface area contributed by atoms with Gasteiger partial charge in [0.1, 0.15) is 17.5 Å². The summed E-state index contributed by atoms with van der Waals surface area (Å²) in [5.74, 6) is -1.39. The molecule has 0 spiro atoms. The number of halogens is 3. The van der Waals surface area contributed by atoms with Gasteiger partial charge in [0.25, 0.3) is 0 Å². The Kier molecular flexibility index (Phi) is 3.90. The van der Waals surface area contributed by atoms with E-state index in [-0.39, 0.29) is 11.1 Å². The maximum absolute atomic E-state index is 14.0. The van der Waals surface area contributed by atoms with Crippen LogP contribution in [0.2, 0.25) is 0 Å². The molecule has 0 aliphatic rings. The summed E-state index contributed by atoms with van der Waals surface area (Å²) in [6.45, 7) is 1.88. The van der Waals surface area contributed by atoms with Crippen LogP contribution in [0, 0.1) is 24.4 Å². The zero-order valence-electron chi connectivity index (χ0n) is 10.7. The first-order valence-corrected chi connectivity index (χ1v) is 5.92. The van der Waals surface area contributed by atoms with Gasteiger partial charge in [-0.3, -0.25) is 0 Å². The molecule has 4 heteroatoms. The molecule has 2 aromatic carbocycles. The van der Waals surface area contributed by atoms with E-state index in [0.717, 1.165) is 12.1 Å². The molecule has 0 heterocycles. The molecule has 1 nitrogen and oxygen atoms in total. The molecule has 0 radical (unpaired) electrons. The summed E-state index contributed by atoms with van der Waals surface area (Å²) in [7, 11) is 1.71. The minimum atomic E-state index is -0.511. The van der Waals surface area contributed by atoms with Gasteiger partial charge in [0.15, 0.2) is 0 Å². The molecule has 0 saturated heterocycles. The molecule has 19 heavy (non-hydrogen) atoms. The van der Waals surface area contributed by atoms with Crippen LogP contribution < -0.4 is 5.32 Å². The SMILES string of the molecule is CNCc1cc(F)ccc1-c1cc(F)c(C)cc1F. The maximum Gasteiger partial charge on any atom is 0.131 e. The summed E-state index contributed by atoms with van der Waals surface area (Å²) in [5, 5.41) is 2.88. The van der Waals surface area contributed by atoms with Crippen molar-refractivity contribution in [3.8, 4) is 11.1 Å². The van der Waals surface area contributed by atoms with Crippen molar-refractivity contribution in [2.45, 2.75) is 13.5 Å². The van der Waals surface area contributed by atoms with Gasteiger partial charge in [-0.25, -0.2) is 13.2 Å². The number of hydrogen-bond donors (Lipinski definition) is 1.